The number of amides is 2. The first-order valence-electron chi connectivity index (χ1n) is 7.01. The average Bonchev–Trinajstić information content (AvgIpc) is 2.73. The third-order valence-corrected chi connectivity index (χ3v) is 3.14. The van der Waals surface area contributed by atoms with Gasteiger partial charge in [0.1, 0.15) is 5.82 Å². The summed E-state index contributed by atoms with van der Waals surface area (Å²) in [5, 5.41) is 5.71. The first kappa shape index (κ1) is 14.4. The number of benzene rings is 1. The first-order valence-corrected chi connectivity index (χ1v) is 7.01. The van der Waals surface area contributed by atoms with Crippen LogP contribution in [0, 0.1) is 12.8 Å². The Morgan fingerprint density at radius 2 is 2.05 bits per heavy atom. The van der Waals surface area contributed by atoms with Crippen molar-refractivity contribution >= 4 is 17.1 Å². The number of aryl methyl sites for hydroxylation is 1. The molecule has 0 radical (unpaired) electrons. The van der Waals surface area contributed by atoms with E-state index in [1.54, 1.807) is 0 Å². The summed E-state index contributed by atoms with van der Waals surface area (Å²) in [6, 6.07) is 7.93. The summed E-state index contributed by atoms with van der Waals surface area (Å²) in [5.74, 6) is 1.43. The molecule has 2 N–H and O–H groups in total. The monoisotopic (exact) mass is 274 g/mol. The van der Waals surface area contributed by atoms with Gasteiger partial charge in [-0.05, 0) is 25.0 Å². The summed E-state index contributed by atoms with van der Waals surface area (Å²) in [4.78, 5) is 16.1. The second-order valence-corrected chi connectivity index (χ2v) is 5.33. The minimum absolute atomic E-state index is 0.110. The molecule has 0 unspecified atom stereocenters. The van der Waals surface area contributed by atoms with Gasteiger partial charge in [-0.25, -0.2) is 9.78 Å². The Kier molecular flexibility index (Phi) is 4.61. The molecule has 0 aliphatic carbocycles. The van der Waals surface area contributed by atoms with E-state index < -0.39 is 0 Å². The maximum absolute atomic E-state index is 11.6. The molecule has 1 aromatic carbocycles. The molecule has 20 heavy (non-hydrogen) atoms. The number of fused-ring (bicyclic) bond motifs is 1. The quantitative estimate of drug-likeness (QED) is 0.879. The lowest BCUT2D eigenvalue weighted by Gasteiger charge is -2.11. The molecule has 0 bridgehead atoms. The summed E-state index contributed by atoms with van der Waals surface area (Å²) in [5.41, 5.74) is 2.10. The van der Waals surface area contributed by atoms with Gasteiger partial charge in [0, 0.05) is 19.6 Å². The number of hydrogen-bond acceptors (Lipinski definition) is 2. The van der Waals surface area contributed by atoms with Gasteiger partial charge in [-0.3, -0.25) is 0 Å². The van der Waals surface area contributed by atoms with Crippen LogP contribution in [-0.4, -0.2) is 28.7 Å². The molecule has 2 amide bonds. The van der Waals surface area contributed by atoms with Crippen LogP contribution < -0.4 is 10.6 Å². The number of aromatic nitrogens is 2. The van der Waals surface area contributed by atoms with Crippen molar-refractivity contribution in [2.45, 2.75) is 27.3 Å². The van der Waals surface area contributed by atoms with Crippen LogP contribution >= 0.6 is 0 Å². The van der Waals surface area contributed by atoms with Gasteiger partial charge >= 0.3 is 6.03 Å². The molecule has 2 rings (SSSR count). The molecule has 1 aromatic heterocycles. The zero-order valence-electron chi connectivity index (χ0n) is 12.3. The number of rotatable bonds is 5. The largest absolute Gasteiger partial charge is 0.338 e. The number of imidazole rings is 1. The van der Waals surface area contributed by atoms with Gasteiger partial charge in [0.25, 0.3) is 0 Å². The third-order valence-electron chi connectivity index (χ3n) is 3.14. The van der Waals surface area contributed by atoms with E-state index in [4.69, 9.17) is 0 Å². The fourth-order valence-electron chi connectivity index (χ4n) is 2.12. The predicted octanol–water partition coefficient (Wildman–Crippen LogP) is 2.30. The maximum Gasteiger partial charge on any atom is 0.314 e. The number of hydrogen-bond donors (Lipinski definition) is 2. The summed E-state index contributed by atoms with van der Waals surface area (Å²) >= 11 is 0. The van der Waals surface area contributed by atoms with Gasteiger partial charge in [0.15, 0.2) is 0 Å². The van der Waals surface area contributed by atoms with Crippen LogP contribution in [-0.2, 0) is 6.54 Å². The summed E-state index contributed by atoms with van der Waals surface area (Å²) in [6.07, 6.45) is 0. The van der Waals surface area contributed by atoms with Crippen molar-refractivity contribution in [3.63, 3.8) is 0 Å². The van der Waals surface area contributed by atoms with E-state index >= 15 is 0 Å². The van der Waals surface area contributed by atoms with Gasteiger partial charge in [-0.2, -0.15) is 0 Å². The van der Waals surface area contributed by atoms with E-state index in [0.29, 0.717) is 19.0 Å². The van der Waals surface area contributed by atoms with Crippen LogP contribution in [0.1, 0.15) is 19.7 Å². The number of urea groups is 1. The summed E-state index contributed by atoms with van der Waals surface area (Å²) < 4.78 is 2.12. The number of carbonyl (C=O) groups excluding carboxylic acids is 1. The van der Waals surface area contributed by atoms with Gasteiger partial charge in [-0.15, -0.1) is 0 Å². The van der Waals surface area contributed by atoms with Crippen molar-refractivity contribution < 1.29 is 4.79 Å². The highest BCUT2D eigenvalue weighted by Crippen LogP contribution is 2.14. The zero-order valence-corrected chi connectivity index (χ0v) is 12.3. The molecule has 0 fully saturated rings. The molecule has 108 valence electrons. The van der Waals surface area contributed by atoms with E-state index in [1.807, 2.05) is 31.2 Å². The van der Waals surface area contributed by atoms with Crippen LogP contribution in [0.3, 0.4) is 0 Å². The Bertz CT molecular complexity index is 589. The molecule has 1 heterocycles. The maximum atomic E-state index is 11.6. The minimum atomic E-state index is -0.110. The summed E-state index contributed by atoms with van der Waals surface area (Å²) in [6.45, 7) is 8.13. The van der Waals surface area contributed by atoms with Crippen LogP contribution in [0.25, 0.3) is 11.0 Å². The Balaban J connectivity index is 1.90. The highest BCUT2D eigenvalue weighted by Gasteiger charge is 2.07. The SMILES string of the molecule is Cc1nc2ccccc2n1CCNC(=O)NCC(C)C. The molecule has 5 heteroatoms. The van der Waals surface area contributed by atoms with Crippen molar-refractivity contribution in [1.29, 1.82) is 0 Å². The minimum Gasteiger partial charge on any atom is -0.338 e. The Hall–Kier alpha value is -2.04. The van der Waals surface area contributed by atoms with Gasteiger partial charge < -0.3 is 15.2 Å². The van der Waals surface area contributed by atoms with Crippen LogP contribution in [0.4, 0.5) is 4.79 Å². The fourth-order valence-corrected chi connectivity index (χ4v) is 2.12. The highest BCUT2D eigenvalue weighted by molar-refractivity contribution is 5.76. The van der Waals surface area contributed by atoms with Crippen molar-refractivity contribution in [3.05, 3.63) is 30.1 Å². The second-order valence-electron chi connectivity index (χ2n) is 5.33. The van der Waals surface area contributed by atoms with Gasteiger partial charge in [-0.1, -0.05) is 26.0 Å². The molecule has 0 spiro atoms. The van der Waals surface area contributed by atoms with E-state index in [1.165, 1.54) is 0 Å². The molecule has 2 aromatic rings. The number of para-hydroxylation sites is 2. The van der Waals surface area contributed by atoms with E-state index in [9.17, 15) is 4.79 Å². The standard InChI is InChI=1S/C15H22N4O/c1-11(2)10-17-15(20)16-8-9-19-12(3)18-13-6-4-5-7-14(13)19/h4-7,11H,8-10H2,1-3H3,(H2,16,17,20). The molecule has 0 aliphatic heterocycles. The molecule has 0 aliphatic rings. The fraction of sp³-hybridized carbons (Fsp3) is 0.467. The lowest BCUT2D eigenvalue weighted by atomic mass is 10.2. The second kappa shape index (κ2) is 6.41. The molecule has 0 atom stereocenters. The van der Waals surface area contributed by atoms with Crippen LogP contribution in [0.15, 0.2) is 24.3 Å². The molecular formula is C15H22N4O. The Morgan fingerprint density at radius 1 is 1.30 bits per heavy atom. The smallest absolute Gasteiger partial charge is 0.314 e. The van der Waals surface area contributed by atoms with Crippen molar-refractivity contribution in [2.24, 2.45) is 5.92 Å². The molecular weight excluding hydrogens is 252 g/mol. The van der Waals surface area contributed by atoms with E-state index in [2.05, 4.69) is 34.0 Å². The Morgan fingerprint density at radius 3 is 2.80 bits per heavy atom. The van der Waals surface area contributed by atoms with E-state index in [0.717, 1.165) is 23.4 Å². The van der Waals surface area contributed by atoms with Gasteiger partial charge in [0.05, 0.1) is 11.0 Å². The van der Waals surface area contributed by atoms with Crippen molar-refractivity contribution in [2.75, 3.05) is 13.1 Å². The number of carbonyl (C=O) groups is 1. The molecule has 0 saturated heterocycles. The zero-order chi connectivity index (χ0) is 14.5. The predicted molar refractivity (Wildman–Crippen MR) is 80.7 cm³/mol. The van der Waals surface area contributed by atoms with E-state index in [-0.39, 0.29) is 6.03 Å². The third kappa shape index (κ3) is 3.50. The average molecular weight is 274 g/mol. The summed E-state index contributed by atoms with van der Waals surface area (Å²) in [7, 11) is 0. The van der Waals surface area contributed by atoms with Crippen LogP contribution in [0.5, 0.6) is 0 Å². The van der Waals surface area contributed by atoms with Gasteiger partial charge in [0.2, 0.25) is 0 Å². The van der Waals surface area contributed by atoms with Crippen LogP contribution in [0.2, 0.25) is 0 Å². The Labute approximate surface area is 119 Å². The number of nitrogens with zero attached hydrogens (tertiary/aromatic N) is 2. The first-order chi connectivity index (χ1) is 9.58. The topological polar surface area (TPSA) is 59.0 Å². The lowest BCUT2D eigenvalue weighted by molar-refractivity contribution is 0.239. The van der Waals surface area contributed by atoms with Crippen molar-refractivity contribution in [1.82, 2.24) is 20.2 Å². The molecule has 5 nitrogen and oxygen atoms in total. The highest BCUT2D eigenvalue weighted by atomic mass is 16.2. The lowest BCUT2D eigenvalue weighted by Crippen LogP contribution is -2.38. The van der Waals surface area contributed by atoms with Crippen molar-refractivity contribution in [3.8, 4) is 0 Å². The molecule has 0 saturated carbocycles. The normalized spacial score (nSPS) is 11.0. The number of nitrogens with one attached hydrogen (secondary N) is 2.